The van der Waals surface area contributed by atoms with E-state index in [9.17, 15) is 0 Å². The van der Waals surface area contributed by atoms with Crippen molar-refractivity contribution in [2.24, 2.45) is 5.73 Å². The van der Waals surface area contributed by atoms with Gasteiger partial charge in [0.25, 0.3) is 0 Å². The molecule has 0 aliphatic heterocycles. The summed E-state index contributed by atoms with van der Waals surface area (Å²) in [6.07, 6.45) is 4.44. The van der Waals surface area contributed by atoms with Crippen molar-refractivity contribution >= 4 is 5.69 Å². The van der Waals surface area contributed by atoms with Gasteiger partial charge < -0.3 is 11.1 Å². The Labute approximate surface area is 113 Å². The van der Waals surface area contributed by atoms with E-state index in [-0.39, 0.29) is 0 Å². The predicted octanol–water partition coefficient (Wildman–Crippen LogP) is 2.43. The molecule has 4 heteroatoms. The molecule has 100 valence electrons. The Kier molecular flexibility index (Phi) is 3.25. The van der Waals surface area contributed by atoms with Crippen molar-refractivity contribution in [2.45, 2.75) is 25.7 Å². The Morgan fingerprint density at radius 2 is 2.26 bits per heavy atom. The van der Waals surface area contributed by atoms with Gasteiger partial charge in [-0.15, -0.1) is 0 Å². The van der Waals surface area contributed by atoms with Gasteiger partial charge in [0.05, 0.1) is 23.3 Å². The third-order valence-corrected chi connectivity index (χ3v) is 3.48. The maximum Gasteiger partial charge on any atom is 0.0767 e. The van der Waals surface area contributed by atoms with E-state index in [2.05, 4.69) is 46.3 Å². The number of aryl methyl sites for hydroxylation is 1. The summed E-state index contributed by atoms with van der Waals surface area (Å²) in [6, 6.07) is 8.47. The minimum atomic E-state index is 0.639. The number of nitrogens with two attached hydrogens (primary N) is 1. The zero-order valence-electron chi connectivity index (χ0n) is 11.3. The number of anilines is 1. The molecule has 1 fully saturated rings. The second kappa shape index (κ2) is 5.05. The zero-order valence-corrected chi connectivity index (χ0v) is 11.3. The van der Waals surface area contributed by atoms with Crippen LogP contribution in [0.2, 0.25) is 0 Å². The lowest BCUT2D eigenvalue weighted by Crippen LogP contribution is -2.14. The summed E-state index contributed by atoms with van der Waals surface area (Å²) in [7, 11) is 0. The van der Waals surface area contributed by atoms with Gasteiger partial charge in [0.1, 0.15) is 0 Å². The average molecular weight is 256 g/mol. The molecule has 4 nitrogen and oxygen atoms in total. The lowest BCUT2D eigenvalue weighted by molar-refractivity contribution is 0.807. The van der Waals surface area contributed by atoms with Gasteiger partial charge in [-0.25, -0.2) is 4.68 Å². The van der Waals surface area contributed by atoms with Crippen LogP contribution in [0, 0.1) is 6.92 Å². The highest BCUT2D eigenvalue weighted by Crippen LogP contribution is 2.44. The van der Waals surface area contributed by atoms with Crippen LogP contribution in [-0.4, -0.2) is 22.9 Å². The Bertz CT molecular complexity index is 569. The van der Waals surface area contributed by atoms with E-state index in [1.165, 1.54) is 24.1 Å². The van der Waals surface area contributed by atoms with Crippen molar-refractivity contribution in [1.29, 1.82) is 0 Å². The molecule has 0 amide bonds. The number of hydrogen-bond acceptors (Lipinski definition) is 3. The highest BCUT2D eigenvalue weighted by molar-refractivity contribution is 5.53. The summed E-state index contributed by atoms with van der Waals surface area (Å²) < 4.78 is 2.07. The highest BCUT2D eigenvalue weighted by Gasteiger charge is 2.30. The van der Waals surface area contributed by atoms with Gasteiger partial charge in [-0.05, 0) is 37.5 Å². The van der Waals surface area contributed by atoms with E-state index in [4.69, 9.17) is 5.73 Å². The molecule has 0 spiro atoms. The van der Waals surface area contributed by atoms with Crippen molar-refractivity contribution in [1.82, 2.24) is 9.78 Å². The van der Waals surface area contributed by atoms with Gasteiger partial charge in [-0.2, -0.15) is 5.10 Å². The maximum atomic E-state index is 5.57. The topological polar surface area (TPSA) is 55.9 Å². The van der Waals surface area contributed by atoms with Crippen molar-refractivity contribution in [3.8, 4) is 5.69 Å². The molecular weight excluding hydrogens is 236 g/mol. The summed E-state index contributed by atoms with van der Waals surface area (Å²) in [5.41, 5.74) is 10.4. The van der Waals surface area contributed by atoms with Crippen LogP contribution in [0.4, 0.5) is 5.69 Å². The standard InChI is InChI=1S/C15H20N4/c1-11-3-2-4-13(9-11)19-15(12-5-6-12)14(10-18-19)17-8-7-16/h2-4,9-10,12,17H,5-8,16H2,1H3. The fourth-order valence-electron chi connectivity index (χ4n) is 2.42. The molecule has 1 saturated carbocycles. The van der Waals surface area contributed by atoms with Crippen LogP contribution < -0.4 is 11.1 Å². The molecule has 19 heavy (non-hydrogen) atoms. The molecule has 1 aromatic heterocycles. The van der Waals surface area contributed by atoms with Gasteiger partial charge in [-0.1, -0.05) is 12.1 Å². The number of aromatic nitrogens is 2. The second-order valence-corrected chi connectivity index (χ2v) is 5.18. The van der Waals surface area contributed by atoms with Crippen LogP contribution in [0.25, 0.3) is 5.69 Å². The molecule has 0 saturated heterocycles. The predicted molar refractivity (Wildman–Crippen MR) is 77.8 cm³/mol. The van der Waals surface area contributed by atoms with Crippen molar-refractivity contribution < 1.29 is 0 Å². The van der Waals surface area contributed by atoms with Crippen molar-refractivity contribution in [3.63, 3.8) is 0 Å². The number of nitrogens with zero attached hydrogens (tertiary/aromatic N) is 2. The molecule has 1 aromatic carbocycles. The molecule has 1 aliphatic carbocycles. The van der Waals surface area contributed by atoms with Gasteiger partial charge >= 0.3 is 0 Å². The summed E-state index contributed by atoms with van der Waals surface area (Å²) in [5, 5.41) is 7.94. The third kappa shape index (κ3) is 2.49. The van der Waals surface area contributed by atoms with Crippen LogP contribution in [0.3, 0.4) is 0 Å². The van der Waals surface area contributed by atoms with E-state index in [0.717, 1.165) is 17.9 Å². The zero-order chi connectivity index (χ0) is 13.2. The largest absolute Gasteiger partial charge is 0.381 e. The van der Waals surface area contributed by atoms with Crippen LogP contribution in [0.15, 0.2) is 30.5 Å². The summed E-state index contributed by atoms with van der Waals surface area (Å²) in [4.78, 5) is 0. The van der Waals surface area contributed by atoms with E-state index >= 15 is 0 Å². The van der Waals surface area contributed by atoms with Crippen LogP contribution in [0.5, 0.6) is 0 Å². The molecule has 1 aliphatic rings. The molecule has 0 radical (unpaired) electrons. The van der Waals surface area contributed by atoms with Crippen molar-refractivity contribution in [3.05, 3.63) is 41.7 Å². The first kappa shape index (κ1) is 12.2. The summed E-state index contributed by atoms with van der Waals surface area (Å²) in [6.45, 7) is 3.54. The lowest BCUT2D eigenvalue weighted by Gasteiger charge is -2.10. The maximum absolute atomic E-state index is 5.57. The Morgan fingerprint density at radius 3 is 2.95 bits per heavy atom. The van der Waals surface area contributed by atoms with Gasteiger partial charge in [0.15, 0.2) is 0 Å². The number of hydrogen-bond donors (Lipinski definition) is 2. The molecular formula is C15H20N4. The molecule has 0 unspecified atom stereocenters. The first-order valence-electron chi connectivity index (χ1n) is 6.88. The molecule has 3 N–H and O–H groups in total. The quantitative estimate of drug-likeness (QED) is 0.864. The minimum absolute atomic E-state index is 0.639. The SMILES string of the molecule is Cc1cccc(-n2ncc(NCCN)c2C2CC2)c1. The van der Waals surface area contributed by atoms with Gasteiger partial charge in [-0.3, -0.25) is 0 Å². The number of nitrogens with one attached hydrogen (secondary N) is 1. The second-order valence-electron chi connectivity index (χ2n) is 5.18. The Balaban J connectivity index is 1.99. The molecule has 2 aromatic rings. The van der Waals surface area contributed by atoms with E-state index in [0.29, 0.717) is 12.5 Å². The van der Waals surface area contributed by atoms with E-state index in [1.54, 1.807) is 0 Å². The number of rotatable bonds is 5. The van der Waals surface area contributed by atoms with Crippen LogP contribution >= 0.6 is 0 Å². The lowest BCUT2D eigenvalue weighted by atomic mass is 10.2. The van der Waals surface area contributed by atoms with E-state index < -0.39 is 0 Å². The highest BCUT2D eigenvalue weighted by atomic mass is 15.3. The monoisotopic (exact) mass is 256 g/mol. The molecule has 1 heterocycles. The summed E-state index contributed by atoms with van der Waals surface area (Å²) in [5.74, 6) is 0.642. The first-order chi connectivity index (χ1) is 9.29. The summed E-state index contributed by atoms with van der Waals surface area (Å²) >= 11 is 0. The average Bonchev–Trinajstić information content (AvgIpc) is 3.16. The Morgan fingerprint density at radius 1 is 1.42 bits per heavy atom. The van der Waals surface area contributed by atoms with Crippen LogP contribution in [0.1, 0.15) is 30.0 Å². The fourth-order valence-corrected chi connectivity index (χ4v) is 2.42. The molecule has 0 atom stereocenters. The first-order valence-corrected chi connectivity index (χ1v) is 6.88. The molecule has 3 rings (SSSR count). The minimum Gasteiger partial charge on any atom is -0.381 e. The smallest absolute Gasteiger partial charge is 0.0767 e. The van der Waals surface area contributed by atoms with Gasteiger partial charge in [0, 0.05) is 19.0 Å². The van der Waals surface area contributed by atoms with Crippen LogP contribution in [-0.2, 0) is 0 Å². The third-order valence-electron chi connectivity index (χ3n) is 3.48. The van der Waals surface area contributed by atoms with E-state index in [1.807, 2.05) is 6.20 Å². The van der Waals surface area contributed by atoms with Crippen molar-refractivity contribution in [2.75, 3.05) is 18.4 Å². The number of benzene rings is 1. The van der Waals surface area contributed by atoms with Gasteiger partial charge in [0.2, 0.25) is 0 Å². The fraction of sp³-hybridized carbons (Fsp3) is 0.400. The molecule has 0 bridgehead atoms. The Hall–Kier alpha value is -1.81. The normalized spacial score (nSPS) is 14.6.